The highest BCUT2D eigenvalue weighted by Crippen LogP contribution is 2.52. The van der Waals surface area contributed by atoms with Gasteiger partial charge in [-0.25, -0.2) is 15.0 Å². The summed E-state index contributed by atoms with van der Waals surface area (Å²) in [6, 6.07) is 53.1. The average molecular weight is 629 g/mol. The minimum absolute atomic E-state index is 0.0529. The molecule has 0 radical (unpaired) electrons. The zero-order valence-corrected chi connectivity index (χ0v) is 27.3. The van der Waals surface area contributed by atoms with Gasteiger partial charge in [0, 0.05) is 33.9 Å². The molecule has 232 valence electrons. The second-order valence-corrected chi connectivity index (χ2v) is 13.1. The topological polar surface area (TPSA) is 51.6 Å². The second-order valence-electron chi connectivity index (χ2n) is 13.1. The maximum absolute atomic E-state index is 4.98. The Balaban J connectivity index is 1.10. The molecule has 0 fully saturated rings. The van der Waals surface area contributed by atoms with Gasteiger partial charge in [0.1, 0.15) is 0 Å². The van der Waals surface area contributed by atoms with Crippen LogP contribution >= 0.6 is 0 Å². The molecule has 2 heterocycles. The van der Waals surface area contributed by atoms with Gasteiger partial charge >= 0.3 is 0 Å². The molecule has 0 unspecified atom stereocenters. The number of pyridine rings is 1. The SMILES string of the molecule is CC1(C)c2ccc(-c3ccc(-c4nc(-c5ccccc5)nc(-c5ccc(-c6ccccn6)cc5)n4)cc3)cc2-c2c1ccc1ccccc21. The zero-order chi connectivity index (χ0) is 33.0. The number of nitrogens with zero attached hydrogens (tertiary/aromatic N) is 4. The van der Waals surface area contributed by atoms with Gasteiger partial charge in [0.2, 0.25) is 0 Å². The van der Waals surface area contributed by atoms with Gasteiger partial charge in [-0.15, -0.1) is 0 Å². The number of hydrogen-bond acceptors (Lipinski definition) is 4. The third-order valence-corrected chi connectivity index (χ3v) is 9.81. The lowest BCUT2D eigenvalue weighted by molar-refractivity contribution is 0.661. The summed E-state index contributed by atoms with van der Waals surface area (Å²) in [5.74, 6) is 1.92. The molecule has 0 aliphatic heterocycles. The molecule has 0 saturated heterocycles. The number of fused-ring (bicyclic) bond motifs is 5. The minimum atomic E-state index is -0.0529. The van der Waals surface area contributed by atoms with Gasteiger partial charge in [-0.1, -0.05) is 147 Å². The minimum Gasteiger partial charge on any atom is -0.256 e. The highest BCUT2D eigenvalue weighted by atomic mass is 15.0. The Hall–Kier alpha value is -6.26. The largest absolute Gasteiger partial charge is 0.256 e. The van der Waals surface area contributed by atoms with Gasteiger partial charge in [-0.3, -0.25) is 4.98 Å². The van der Waals surface area contributed by atoms with E-state index in [0.29, 0.717) is 17.5 Å². The summed E-state index contributed by atoms with van der Waals surface area (Å²) in [6.07, 6.45) is 1.81. The smallest absolute Gasteiger partial charge is 0.164 e. The standard InChI is InChI=1S/C45H32N4/c1-45(2)38-25-24-35(28-37(38)41-36-13-7-6-10-30(36)23-26-39(41)45)29-15-19-33(20-16-29)43-47-42(32-11-4-3-5-12-32)48-44(49-43)34-21-17-31(18-22-34)40-14-8-9-27-46-40/h3-28H,1-2H3. The van der Waals surface area contributed by atoms with Crippen LogP contribution in [-0.2, 0) is 5.41 Å². The Morgan fingerprint density at radius 1 is 0.429 bits per heavy atom. The van der Waals surface area contributed by atoms with Crippen LogP contribution in [0.15, 0.2) is 158 Å². The van der Waals surface area contributed by atoms with Crippen LogP contribution in [0.2, 0.25) is 0 Å². The highest BCUT2D eigenvalue weighted by molar-refractivity contribution is 6.03. The summed E-state index contributed by atoms with van der Waals surface area (Å²) in [7, 11) is 0. The monoisotopic (exact) mass is 628 g/mol. The normalized spacial score (nSPS) is 12.9. The molecule has 1 aliphatic rings. The van der Waals surface area contributed by atoms with Crippen molar-refractivity contribution in [2.45, 2.75) is 19.3 Å². The molecule has 0 N–H and O–H groups in total. The summed E-state index contributed by atoms with van der Waals surface area (Å²) in [4.78, 5) is 19.3. The summed E-state index contributed by atoms with van der Waals surface area (Å²) in [5.41, 5.74) is 12.5. The summed E-state index contributed by atoms with van der Waals surface area (Å²) >= 11 is 0. The van der Waals surface area contributed by atoms with E-state index < -0.39 is 0 Å². The van der Waals surface area contributed by atoms with Crippen molar-refractivity contribution in [2.75, 3.05) is 0 Å². The number of rotatable bonds is 5. The number of aromatic nitrogens is 4. The van der Waals surface area contributed by atoms with E-state index in [-0.39, 0.29) is 5.41 Å². The van der Waals surface area contributed by atoms with E-state index in [1.54, 1.807) is 0 Å². The molecule has 0 atom stereocenters. The lowest BCUT2D eigenvalue weighted by Gasteiger charge is -2.21. The summed E-state index contributed by atoms with van der Waals surface area (Å²) in [5, 5.41) is 2.58. The third-order valence-electron chi connectivity index (χ3n) is 9.81. The number of benzene rings is 6. The van der Waals surface area contributed by atoms with Crippen LogP contribution in [0.25, 0.3) is 78.4 Å². The van der Waals surface area contributed by atoms with Gasteiger partial charge in [-0.05, 0) is 62.4 Å². The summed E-state index contributed by atoms with van der Waals surface area (Å²) < 4.78 is 0. The average Bonchev–Trinajstić information content (AvgIpc) is 3.41. The van der Waals surface area contributed by atoms with E-state index in [9.17, 15) is 0 Å². The summed E-state index contributed by atoms with van der Waals surface area (Å²) in [6.45, 7) is 4.67. The molecule has 2 aromatic heterocycles. The van der Waals surface area contributed by atoms with Crippen LogP contribution in [-0.4, -0.2) is 19.9 Å². The van der Waals surface area contributed by atoms with Gasteiger partial charge in [0.25, 0.3) is 0 Å². The molecule has 0 spiro atoms. The quantitative estimate of drug-likeness (QED) is 0.190. The van der Waals surface area contributed by atoms with Crippen LogP contribution < -0.4 is 0 Å². The third kappa shape index (κ3) is 5.01. The lowest BCUT2D eigenvalue weighted by Crippen LogP contribution is -2.14. The Morgan fingerprint density at radius 2 is 0.980 bits per heavy atom. The Morgan fingerprint density at radius 3 is 1.65 bits per heavy atom. The fraction of sp³-hybridized carbons (Fsp3) is 0.0667. The molecule has 0 bridgehead atoms. The molecule has 49 heavy (non-hydrogen) atoms. The van der Waals surface area contributed by atoms with Gasteiger partial charge in [-0.2, -0.15) is 0 Å². The molecular formula is C45H32N4. The zero-order valence-electron chi connectivity index (χ0n) is 27.3. The van der Waals surface area contributed by atoms with Crippen LogP contribution in [0.1, 0.15) is 25.0 Å². The van der Waals surface area contributed by atoms with E-state index in [0.717, 1.165) is 33.5 Å². The van der Waals surface area contributed by atoms with Gasteiger partial charge in [0.15, 0.2) is 17.5 Å². The Bertz CT molecular complexity index is 2490. The van der Waals surface area contributed by atoms with E-state index >= 15 is 0 Å². The lowest BCUT2D eigenvalue weighted by atomic mass is 9.82. The van der Waals surface area contributed by atoms with Crippen LogP contribution in [0, 0.1) is 0 Å². The van der Waals surface area contributed by atoms with Crippen molar-refractivity contribution < 1.29 is 0 Å². The maximum Gasteiger partial charge on any atom is 0.164 e. The van der Waals surface area contributed by atoms with E-state index in [2.05, 4.69) is 122 Å². The van der Waals surface area contributed by atoms with E-state index in [1.807, 2.05) is 54.7 Å². The molecule has 9 rings (SSSR count). The predicted molar refractivity (Wildman–Crippen MR) is 200 cm³/mol. The molecule has 8 aromatic rings. The van der Waals surface area contributed by atoms with Crippen molar-refractivity contribution in [1.29, 1.82) is 0 Å². The van der Waals surface area contributed by atoms with Gasteiger partial charge in [0.05, 0.1) is 5.69 Å². The van der Waals surface area contributed by atoms with Crippen molar-refractivity contribution in [3.05, 3.63) is 169 Å². The van der Waals surface area contributed by atoms with E-state index in [1.165, 1.54) is 38.6 Å². The number of hydrogen-bond donors (Lipinski definition) is 0. The fourth-order valence-electron chi connectivity index (χ4n) is 7.19. The molecule has 4 nitrogen and oxygen atoms in total. The van der Waals surface area contributed by atoms with Crippen molar-refractivity contribution in [3.63, 3.8) is 0 Å². The highest BCUT2D eigenvalue weighted by Gasteiger charge is 2.36. The molecule has 6 aromatic carbocycles. The first kappa shape index (κ1) is 28.9. The van der Waals surface area contributed by atoms with Crippen LogP contribution in [0.4, 0.5) is 0 Å². The fourth-order valence-corrected chi connectivity index (χ4v) is 7.19. The van der Waals surface area contributed by atoms with Crippen molar-refractivity contribution in [2.24, 2.45) is 0 Å². The molecular weight excluding hydrogens is 597 g/mol. The molecule has 4 heteroatoms. The molecule has 0 saturated carbocycles. The van der Waals surface area contributed by atoms with Crippen molar-refractivity contribution in [3.8, 4) is 67.7 Å². The Kier molecular flexibility index (Phi) is 6.77. The van der Waals surface area contributed by atoms with Crippen molar-refractivity contribution in [1.82, 2.24) is 19.9 Å². The van der Waals surface area contributed by atoms with E-state index in [4.69, 9.17) is 15.0 Å². The maximum atomic E-state index is 4.98. The molecule has 0 amide bonds. The van der Waals surface area contributed by atoms with Gasteiger partial charge < -0.3 is 0 Å². The first-order valence-electron chi connectivity index (χ1n) is 16.6. The van der Waals surface area contributed by atoms with Crippen molar-refractivity contribution >= 4 is 10.8 Å². The predicted octanol–water partition coefficient (Wildman–Crippen LogP) is 11.1. The first-order valence-corrected chi connectivity index (χ1v) is 16.6. The Labute approximate surface area is 285 Å². The first-order chi connectivity index (χ1) is 24.0. The second kappa shape index (κ2) is 11.5. The van der Waals surface area contributed by atoms with Crippen LogP contribution in [0.5, 0.6) is 0 Å². The molecule has 1 aliphatic carbocycles. The van der Waals surface area contributed by atoms with Crippen LogP contribution in [0.3, 0.4) is 0 Å².